The normalized spacial score (nSPS) is 25.9. The Morgan fingerprint density at radius 2 is 2.00 bits per heavy atom. The Morgan fingerprint density at radius 1 is 1.21 bits per heavy atom. The van der Waals surface area contributed by atoms with Gasteiger partial charge in [0.1, 0.15) is 0 Å². The molecule has 3 heteroatoms. The lowest BCUT2D eigenvalue weighted by atomic mass is 9.70. The van der Waals surface area contributed by atoms with Crippen LogP contribution in [0.1, 0.15) is 24.3 Å². The number of rotatable bonds is 2. The summed E-state index contributed by atoms with van der Waals surface area (Å²) in [5.41, 5.74) is 1.20. The lowest BCUT2D eigenvalue weighted by molar-refractivity contribution is 0.135. The van der Waals surface area contributed by atoms with Crippen molar-refractivity contribution in [2.45, 2.75) is 18.8 Å². The van der Waals surface area contributed by atoms with Crippen molar-refractivity contribution < 1.29 is 5.11 Å². The average molecular weight is 231 g/mol. The van der Waals surface area contributed by atoms with Crippen LogP contribution in [0, 0.1) is 5.92 Å². The second-order valence-corrected chi connectivity index (χ2v) is 4.61. The van der Waals surface area contributed by atoms with Crippen LogP contribution in [0.4, 0.5) is 0 Å². The van der Waals surface area contributed by atoms with Crippen molar-refractivity contribution in [3.63, 3.8) is 0 Å². The smallest absolute Gasteiger partial charge is 0.0595 e. The maximum Gasteiger partial charge on any atom is 0.0595 e. The summed E-state index contributed by atoms with van der Waals surface area (Å²) in [6, 6.07) is 5.74. The topological polar surface area (TPSA) is 20.2 Å². The zero-order chi connectivity index (χ0) is 10.1. The summed E-state index contributed by atoms with van der Waals surface area (Å²) < 4.78 is 0. The van der Waals surface area contributed by atoms with Crippen molar-refractivity contribution in [3.8, 4) is 0 Å². The van der Waals surface area contributed by atoms with Gasteiger partial charge in [0.05, 0.1) is 10.0 Å². The predicted octanol–water partition coefficient (Wildman–Crippen LogP) is 3.48. The number of aliphatic hydroxyl groups excluding tert-OH is 1. The molecule has 14 heavy (non-hydrogen) atoms. The molecule has 1 aromatic carbocycles. The van der Waals surface area contributed by atoms with Crippen molar-refractivity contribution in [1.82, 2.24) is 0 Å². The molecule has 1 aromatic rings. The lowest BCUT2D eigenvalue weighted by Crippen LogP contribution is -2.26. The molecule has 0 aliphatic heterocycles. The van der Waals surface area contributed by atoms with E-state index < -0.39 is 0 Å². The molecule has 2 unspecified atom stereocenters. The molecule has 1 nitrogen and oxygen atoms in total. The van der Waals surface area contributed by atoms with Gasteiger partial charge in [-0.1, -0.05) is 29.3 Å². The largest absolute Gasteiger partial charge is 0.396 e. The third-order valence-corrected chi connectivity index (χ3v) is 3.76. The van der Waals surface area contributed by atoms with E-state index in [1.807, 2.05) is 18.2 Å². The first-order valence-electron chi connectivity index (χ1n) is 4.78. The second-order valence-electron chi connectivity index (χ2n) is 3.80. The van der Waals surface area contributed by atoms with E-state index in [0.717, 1.165) is 12.8 Å². The van der Waals surface area contributed by atoms with E-state index in [2.05, 4.69) is 0 Å². The Hall–Kier alpha value is -0.240. The maximum absolute atomic E-state index is 9.08. The SMILES string of the molecule is OCC1CCC1c1ccc(Cl)c(Cl)c1. The van der Waals surface area contributed by atoms with Gasteiger partial charge in [-0.15, -0.1) is 0 Å². The highest BCUT2D eigenvalue weighted by molar-refractivity contribution is 6.42. The highest BCUT2D eigenvalue weighted by atomic mass is 35.5. The van der Waals surface area contributed by atoms with Crippen molar-refractivity contribution in [2.24, 2.45) is 5.92 Å². The van der Waals surface area contributed by atoms with E-state index in [1.54, 1.807) is 0 Å². The fourth-order valence-electron chi connectivity index (χ4n) is 1.97. The Labute approximate surface area is 93.7 Å². The number of hydrogen-bond donors (Lipinski definition) is 1. The van der Waals surface area contributed by atoms with Crippen molar-refractivity contribution >= 4 is 23.2 Å². The highest BCUT2D eigenvalue weighted by Gasteiger charge is 2.31. The summed E-state index contributed by atoms with van der Waals surface area (Å²) in [4.78, 5) is 0. The summed E-state index contributed by atoms with van der Waals surface area (Å²) in [5.74, 6) is 0.877. The van der Waals surface area contributed by atoms with E-state index in [0.29, 0.717) is 21.9 Å². The zero-order valence-corrected chi connectivity index (χ0v) is 9.22. The molecular formula is C11H12Cl2O. The molecule has 0 saturated heterocycles. The number of aliphatic hydroxyl groups is 1. The van der Waals surface area contributed by atoms with E-state index >= 15 is 0 Å². The molecule has 0 bridgehead atoms. The standard InChI is InChI=1S/C11H12Cl2O/c12-10-4-2-7(5-11(10)13)9-3-1-8(9)6-14/h2,4-5,8-9,14H,1,3,6H2. The van der Waals surface area contributed by atoms with Crippen LogP contribution >= 0.6 is 23.2 Å². The van der Waals surface area contributed by atoms with Gasteiger partial charge < -0.3 is 5.11 Å². The third-order valence-electron chi connectivity index (χ3n) is 3.02. The summed E-state index contributed by atoms with van der Waals surface area (Å²) in [6.07, 6.45) is 2.25. The van der Waals surface area contributed by atoms with Gasteiger partial charge in [0.15, 0.2) is 0 Å². The van der Waals surface area contributed by atoms with Crippen molar-refractivity contribution in [3.05, 3.63) is 33.8 Å². The van der Waals surface area contributed by atoms with E-state index in [9.17, 15) is 0 Å². The van der Waals surface area contributed by atoms with E-state index in [4.69, 9.17) is 28.3 Å². The minimum atomic E-state index is 0.269. The van der Waals surface area contributed by atoms with Gasteiger partial charge in [-0.3, -0.25) is 0 Å². The number of hydrogen-bond acceptors (Lipinski definition) is 1. The Bertz CT molecular complexity index is 336. The summed E-state index contributed by atoms with van der Waals surface area (Å²) in [6.45, 7) is 0.269. The van der Waals surface area contributed by atoms with Gasteiger partial charge in [0.25, 0.3) is 0 Å². The lowest BCUT2D eigenvalue weighted by Gasteiger charge is -2.35. The van der Waals surface area contributed by atoms with Crippen LogP contribution in [-0.2, 0) is 0 Å². The van der Waals surface area contributed by atoms with Gasteiger partial charge in [-0.2, -0.15) is 0 Å². The predicted molar refractivity (Wildman–Crippen MR) is 59.0 cm³/mol. The fourth-order valence-corrected chi connectivity index (χ4v) is 2.28. The molecule has 1 aliphatic carbocycles. The Balaban J connectivity index is 2.20. The fraction of sp³-hybridized carbons (Fsp3) is 0.455. The molecule has 1 saturated carbocycles. The molecule has 0 amide bonds. The highest BCUT2D eigenvalue weighted by Crippen LogP contribution is 2.43. The van der Waals surface area contributed by atoms with Crippen LogP contribution in [0.25, 0.3) is 0 Å². The van der Waals surface area contributed by atoms with Gasteiger partial charge in [-0.05, 0) is 42.4 Å². The molecule has 0 heterocycles. The molecule has 1 aliphatic rings. The molecule has 0 spiro atoms. The molecule has 76 valence electrons. The number of benzene rings is 1. The molecule has 2 atom stereocenters. The van der Waals surface area contributed by atoms with Crippen LogP contribution in [0.5, 0.6) is 0 Å². The minimum Gasteiger partial charge on any atom is -0.396 e. The zero-order valence-electron chi connectivity index (χ0n) is 7.71. The van der Waals surface area contributed by atoms with Crippen molar-refractivity contribution in [1.29, 1.82) is 0 Å². The summed E-state index contributed by atoms with van der Waals surface area (Å²) in [7, 11) is 0. The van der Waals surface area contributed by atoms with Gasteiger partial charge in [-0.25, -0.2) is 0 Å². The van der Waals surface area contributed by atoms with Crippen LogP contribution in [0.15, 0.2) is 18.2 Å². The monoisotopic (exact) mass is 230 g/mol. The molecule has 1 N–H and O–H groups in total. The van der Waals surface area contributed by atoms with Gasteiger partial charge in [0.2, 0.25) is 0 Å². The number of halogens is 2. The molecular weight excluding hydrogens is 219 g/mol. The Kier molecular flexibility index (Phi) is 3.01. The first kappa shape index (κ1) is 10.3. The van der Waals surface area contributed by atoms with Crippen LogP contribution in [-0.4, -0.2) is 11.7 Å². The first-order valence-corrected chi connectivity index (χ1v) is 5.53. The average Bonchev–Trinajstić information content (AvgIpc) is 2.10. The molecule has 0 radical (unpaired) electrons. The molecule has 2 rings (SSSR count). The first-order chi connectivity index (χ1) is 6.72. The summed E-state index contributed by atoms with van der Waals surface area (Å²) >= 11 is 11.8. The second kappa shape index (κ2) is 4.09. The maximum atomic E-state index is 9.08. The Morgan fingerprint density at radius 3 is 2.50 bits per heavy atom. The van der Waals surface area contributed by atoms with E-state index in [-0.39, 0.29) is 6.61 Å². The molecule has 1 fully saturated rings. The van der Waals surface area contributed by atoms with Crippen LogP contribution in [0.2, 0.25) is 10.0 Å². The third kappa shape index (κ3) is 1.77. The molecule has 0 aromatic heterocycles. The quantitative estimate of drug-likeness (QED) is 0.826. The van der Waals surface area contributed by atoms with Crippen LogP contribution < -0.4 is 0 Å². The van der Waals surface area contributed by atoms with Gasteiger partial charge in [0, 0.05) is 6.61 Å². The van der Waals surface area contributed by atoms with Gasteiger partial charge >= 0.3 is 0 Å². The summed E-state index contributed by atoms with van der Waals surface area (Å²) in [5, 5.41) is 10.3. The van der Waals surface area contributed by atoms with E-state index in [1.165, 1.54) is 5.56 Å². The minimum absolute atomic E-state index is 0.269. The van der Waals surface area contributed by atoms with Crippen molar-refractivity contribution in [2.75, 3.05) is 6.61 Å². The van der Waals surface area contributed by atoms with Crippen LogP contribution in [0.3, 0.4) is 0 Å².